The first-order chi connectivity index (χ1) is 8.28. The number of nitrogens with zero attached hydrogens (tertiary/aromatic N) is 1. The molecule has 1 rings (SSSR count). The van der Waals surface area contributed by atoms with E-state index in [0.717, 1.165) is 0 Å². The van der Waals surface area contributed by atoms with Crippen molar-refractivity contribution < 1.29 is 19.4 Å². The molecule has 0 unspecified atom stereocenters. The maximum absolute atomic E-state index is 11.4. The van der Waals surface area contributed by atoms with Gasteiger partial charge in [-0.1, -0.05) is 0 Å². The monoisotopic (exact) mass is 252 g/mol. The van der Waals surface area contributed by atoms with E-state index in [4.69, 9.17) is 9.84 Å². The maximum atomic E-state index is 11.4. The van der Waals surface area contributed by atoms with Gasteiger partial charge in [0.2, 0.25) is 0 Å². The molecule has 0 saturated carbocycles. The summed E-state index contributed by atoms with van der Waals surface area (Å²) in [6, 6.07) is 2.90. The van der Waals surface area contributed by atoms with Crippen molar-refractivity contribution in [2.75, 3.05) is 11.9 Å². The molecule has 1 aromatic heterocycles. The Morgan fingerprint density at radius 1 is 1.39 bits per heavy atom. The average molecular weight is 252 g/mol. The third-order valence-electron chi connectivity index (χ3n) is 1.84. The molecule has 0 saturated heterocycles. The number of carbonyl (C=O) groups is 2. The van der Waals surface area contributed by atoms with Gasteiger partial charge in [0, 0.05) is 0 Å². The lowest BCUT2D eigenvalue weighted by molar-refractivity contribution is -0.152. The summed E-state index contributed by atoms with van der Waals surface area (Å²) in [5, 5.41) is 11.5. The standard InChI is InChI=1S/C12H16N2O4/c1-12(2,3)18-10(15)7-13-8-4-5-9(11(16)17)14-6-8/h4-6,13H,7H2,1-3H3,(H,16,17). The topological polar surface area (TPSA) is 88.5 Å². The van der Waals surface area contributed by atoms with E-state index in [0.29, 0.717) is 5.69 Å². The summed E-state index contributed by atoms with van der Waals surface area (Å²) in [6.07, 6.45) is 1.35. The molecule has 98 valence electrons. The minimum atomic E-state index is -1.09. The van der Waals surface area contributed by atoms with Crippen LogP contribution in [0.1, 0.15) is 31.3 Å². The molecule has 1 heterocycles. The van der Waals surface area contributed by atoms with Crippen molar-refractivity contribution in [3.8, 4) is 0 Å². The smallest absolute Gasteiger partial charge is 0.354 e. The van der Waals surface area contributed by atoms with Crippen LogP contribution >= 0.6 is 0 Å². The van der Waals surface area contributed by atoms with Gasteiger partial charge in [-0.15, -0.1) is 0 Å². The van der Waals surface area contributed by atoms with Gasteiger partial charge in [0.05, 0.1) is 11.9 Å². The molecule has 0 aromatic carbocycles. The quantitative estimate of drug-likeness (QED) is 0.790. The molecule has 0 bridgehead atoms. The Morgan fingerprint density at radius 2 is 2.06 bits per heavy atom. The zero-order valence-corrected chi connectivity index (χ0v) is 10.6. The molecule has 0 fully saturated rings. The molecule has 0 aliphatic carbocycles. The Balaban J connectivity index is 2.49. The molecular weight excluding hydrogens is 236 g/mol. The highest BCUT2D eigenvalue weighted by atomic mass is 16.6. The van der Waals surface area contributed by atoms with Crippen molar-refractivity contribution in [3.05, 3.63) is 24.0 Å². The van der Waals surface area contributed by atoms with Gasteiger partial charge in [0.25, 0.3) is 0 Å². The molecule has 0 atom stereocenters. The van der Waals surface area contributed by atoms with Crippen molar-refractivity contribution in [1.29, 1.82) is 0 Å². The van der Waals surface area contributed by atoms with Crippen molar-refractivity contribution in [1.82, 2.24) is 4.98 Å². The lowest BCUT2D eigenvalue weighted by atomic mass is 10.2. The second-order valence-electron chi connectivity index (χ2n) is 4.68. The number of ether oxygens (including phenoxy) is 1. The Kier molecular flexibility index (Phi) is 4.25. The second kappa shape index (κ2) is 5.48. The second-order valence-corrected chi connectivity index (χ2v) is 4.68. The fourth-order valence-corrected chi connectivity index (χ4v) is 1.18. The first-order valence-corrected chi connectivity index (χ1v) is 5.43. The number of carboxylic acid groups (broad SMARTS) is 1. The molecule has 0 radical (unpaired) electrons. The molecule has 0 aliphatic heterocycles. The number of hydrogen-bond donors (Lipinski definition) is 2. The third kappa shape index (κ3) is 4.82. The van der Waals surface area contributed by atoms with E-state index in [2.05, 4.69) is 10.3 Å². The highest BCUT2D eigenvalue weighted by Crippen LogP contribution is 2.09. The van der Waals surface area contributed by atoms with E-state index < -0.39 is 11.6 Å². The third-order valence-corrected chi connectivity index (χ3v) is 1.84. The Hall–Kier alpha value is -2.11. The molecule has 1 aromatic rings. The van der Waals surface area contributed by atoms with Crippen LogP contribution in [0.3, 0.4) is 0 Å². The van der Waals surface area contributed by atoms with Gasteiger partial charge in [0.1, 0.15) is 17.8 Å². The average Bonchev–Trinajstić information content (AvgIpc) is 2.24. The Labute approximate surface area is 105 Å². The minimum Gasteiger partial charge on any atom is -0.477 e. The van der Waals surface area contributed by atoms with Crippen LogP contribution in [0.15, 0.2) is 18.3 Å². The van der Waals surface area contributed by atoms with Crippen molar-refractivity contribution in [3.63, 3.8) is 0 Å². The van der Waals surface area contributed by atoms with Crippen LogP contribution in [0.5, 0.6) is 0 Å². The molecule has 0 spiro atoms. The zero-order chi connectivity index (χ0) is 13.8. The minimum absolute atomic E-state index is 0.00533. The zero-order valence-electron chi connectivity index (χ0n) is 10.6. The van der Waals surface area contributed by atoms with Crippen LogP contribution in [0, 0.1) is 0 Å². The molecule has 6 nitrogen and oxygen atoms in total. The fourth-order valence-electron chi connectivity index (χ4n) is 1.18. The van der Waals surface area contributed by atoms with Gasteiger partial charge in [-0.3, -0.25) is 4.79 Å². The van der Waals surface area contributed by atoms with E-state index in [-0.39, 0.29) is 18.2 Å². The van der Waals surface area contributed by atoms with Crippen LogP contribution < -0.4 is 5.32 Å². The number of aromatic nitrogens is 1. The summed E-state index contributed by atoms with van der Waals surface area (Å²) in [7, 11) is 0. The summed E-state index contributed by atoms with van der Waals surface area (Å²) >= 11 is 0. The van der Waals surface area contributed by atoms with Crippen molar-refractivity contribution >= 4 is 17.6 Å². The molecule has 18 heavy (non-hydrogen) atoms. The van der Waals surface area contributed by atoms with Gasteiger partial charge >= 0.3 is 11.9 Å². The van der Waals surface area contributed by atoms with E-state index in [1.807, 2.05) is 0 Å². The number of esters is 1. The number of pyridine rings is 1. The van der Waals surface area contributed by atoms with E-state index >= 15 is 0 Å². The predicted octanol–water partition coefficient (Wildman–Crippen LogP) is 1.53. The van der Waals surface area contributed by atoms with Crippen LogP contribution in [0.2, 0.25) is 0 Å². The van der Waals surface area contributed by atoms with Gasteiger partial charge in [-0.25, -0.2) is 9.78 Å². The molecule has 0 aliphatic rings. The first-order valence-electron chi connectivity index (χ1n) is 5.43. The lowest BCUT2D eigenvalue weighted by Gasteiger charge is -2.19. The molecule has 0 amide bonds. The summed E-state index contributed by atoms with van der Waals surface area (Å²) in [6.45, 7) is 5.36. The SMILES string of the molecule is CC(C)(C)OC(=O)CNc1ccc(C(=O)O)nc1. The summed E-state index contributed by atoms with van der Waals surface area (Å²) in [5.74, 6) is -1.47. The summed E-state index contributed by atoms with van der Waals surface area (Å²) in [5.41, 5.74) is -0.00634. The van der Waals surface area contributed by atoms with Crippen LogP contribution in [-0.4, -0.2) is 34.2 Å². The highest BCUT2D eigenvalue weighted by Gasteiger charge is 2.15. The number of anilines is 1. The number of carboxylic acids is 1. The van der Waals surface area contributed by atoms with Gasteiger partial charge in [-0.2, -0.15) is 0 Å². The van der Waals surface area contributed by atoms with E-state index in [1.165, 1.54) is 12.3 Å². The van der Waals surface area contributed by atoms with Crippen molar-refractivity contribution in [2.45, 2.75) is 26.4 Å². The van der Waals surface area contributed by atoms with Gasteiger partial charge < -0.3 is 15.2 Å². The normalized spacial score (nSPS) is 10.8. The number of carbonyl (C=O) groups excluding carboxylic acids is 1. The highest BCUT2D eigenvalue weighted by molar-refractivity contribution is 5.85. The van der Waals surface area contributed by atoms with Crippen LogP contribution in [-0.2, 0) is 9.53 Å². The molecular formula is C12H16N2O4. The summed E-state index contributed by atoms with van der Waals surface area (Å²) in [4.78, 5) is 25.7. The van der Waals surface area contributed by atoms with Gasteiger partial charge in [0.15, 0.2) is 0 Å². The van der Waals surface area contributed by atoms with E-state index in [1.54, 1.807) is 26.8 Å². The fraction of sp³-hybridized carbons (Fsp3) is 0.417. The van der Waals surface area contributed by atoms with Crippen LogP contribution in [0.25, 0.3) is 0 Å². The summed E-state index contributed by atoms with van der Waals surface area (Å²) < 4.78 is 5.11. The number of nitrogens with one attached hydrogen (secondary N) is 1. The Bertz CT molecular complexity index is 434. The number of aromatic carboxylic acids is 1. The first kappa shape index (κ1) is 14.0. The molecule has 2 N–H and O–H groups in total. The van der Waals surface area contributed by atoms with Crippen LogP contribution in [0.4, 0.5) is 5.69 Å². The number of rotatable bonds is 4. The van der Waals surface area contributed by atoms with E-state index in [9.17, 15) is 9.59 Å². The number of hydrogen-bond acceptors (Lipinski definition) is 5. The van der Waals surface area contributed by atoms with Crippen molar-refractivity contribution in [2.24, 2.45) is 0 Å². The Morgan fingerprint density at radius 3 is 2.50 bits per heavy atom. The largest absolute Gasteiger partial charge is 0.477 e. The molecule has 6 heteroatoms. The predicted molar refractivity (Wildman–Crippen MR) is 65.5 cm³/mol. The maximum Gasteiger partial charge on any atom is 0.354 e. The lowest BCUT2D eigenvalue weighted by Crippen LogP contribution is -2.28. The van der Waals surface area contributed by atoms with Gasteiger partial charge in [-0.05, 0) is 32.9 Å².